The molecule has 0 aliphatic rings. The molecule has 41 heavy (non-hydrogen) atoms. The predicted molar refractivity (Wildman–Crippen MR) is 147 cm³/mol. The van der Waals surface area contributed by atoms with Crippen molar-refractivity contribution in [2.75, 3.05) is 39.5 Å². The molecular weight excluding hydrogens is 560 g/mol. The zero-order valence-corrected chi connectivity index (χ0v) is 23.5. The number of Topliss-reactive ketones (excluding diaryl/α,β-unsaturated/α-hetero) is 1. The maximum Gasteiger partial charge on any atom is 0.356 e. The molecule has 2 aromatic heterocycles. The van der Waals surface area contributed by atoms with E-state index < -0.39 is 37.7 Å². The highest BCUT2D eigenvalue weighted by molar-refractivity contribution is 7.53. The first kappa shape index (κ1) is 29.9. The summed E-state index contributed by atoms with van der Waals surface area (Å²) in [7, 11) is -1.17. The van der Waals surface area contributed by atoms with Crippen molar-refractivity contribution in [3.8, 4) is 11.5 Å². The maximum absolute atomic E-state index is 14.1. The number of fused-ring (bicyclic) bond motifs is 1. The number of nitrogens with two attached hydrogens (primary N) is 1. The molecule has 2 heterocycles. The van der Waals surface area contributed by atoms with Gasteiger partial charge in [-0.1, -0.05) is 6.07 Å². The predicted octanol–water partition coefficient (Wildman–Crippen LogP) is 3.45. The zero-order valence-electron chi connectivity index (χ0n) is 22.6. The van der Waals surface area contributed by atoms with Gasteiger partial charge in [0.1, 0.15) is 18.7 Å². The molecule has 0 amide bonds. The Morgan fingerprint density at radius 3 is 2.59 bits per heavy atom. The lowest BCUT2D eigenvalue weighted by Crippen LogP contribution is -2.14. The number of nitrogens with one attached hydrogen (secondary N) is 1. The number of hydrogen-bond acceptors (Lipinski definition) is 11. The number of aryl methyl sites for hydroxylation is 1. The van der Waals surface area contributed by atoms with Gasteiger partial charge < -0.3 is 29.0 Å². The van der Waals surface area contributed by atoms with Gasteiger partial charge in [0.05, 0.1) is 33.8 Å². The number of methoxy groups -OCH3 is 2. The highest BCUT2D eigenvalue weighted by atomic mass is 31.2. The lowest BCUT2D eigenvalue weighted by atomic mass is 10.1. The quantitative estimate of drug-likeness (QED) is 0.125. The Balaban J connectivity index is 1.43. The molecule has 0 aliphatic carbocycles. The van der Waals surface area contributed by atoms with Gasteiger partial charge in [0.25, 0.3) is 5.56 Å². The van der Waals surface area contributed by atoms with Crippen molar-refractivity contribution in [1.82, 2.24) is 19.5 Å². The fourth-order valence-corrected chi connectivity index (χ4v) is 5.09. The van der Waals surface area contributed by atoms with Gasteiger partial charge in [-0.05, 0) is 48.4 Å². The largest absolute Gasteiger partial charge is 0.496 e. The van der Waals surface area contributed by atoms with Gasteiger partial charge in [0.2, 0.25) is 5.95 Å². The topological polar surface area (TPSA) is 170 Å². The Labute approximate surface area is 233 Å². The average molecular weight is 590 g/mol. The molecule has 2 aromatic carbocycles. The fourth-order valence-electron chi connectivity index (χ4n) is 3.85. The number of benzene rings is 2. The van der Waals surface area contributed by atoms with Crippen LogP contribution in [0.4, 0.5) is 10.3 Å². The minimum absolute atomic E-state index is 0.000656. The normalized spacial score (nSPS) is 12.8. The smallest absolute Gasteiger partial charge is 0.356 e. The summed E-state index contributed by atoms with van der Waals surface area (Å²) in [6.45, 7) is 1.13. The molecule has 0 spiro atoms. The highest BCUT2D eigenvalue weighted by Crippen LogP contribution is 2.49. The van der Waals surface area contributed by atoms with Crippen molar-refractivity contribution < 1.29 is 37.0 Å². The van der Waals surface area contributed by atoms with E-state index in [-0.39, 0.29) is 42.6 Å². The number of H-pyrrole nitrogens is 1. The van der Waals surface area contributed by atoms with Gasteiger partial charge in [-0.3, -0.25) is 23.7 Å². The van der Waals surface area contributed by atoms with E-state index in [1.807, 2.05) is 0 Å². The summed E-state index contributed by atoms with van der Waals surface area (Å²) in [5.74, 6) is -0.463. The van der Waals surface area contributed by atoms with Crippen LogP contribution in [0.15, 0.2) is 47.5 Å². The maximum atomic E-state index is 14.1. The number of nitrogen functional groups attached to an aromatic ring is 1. The van der Waals surface area contributed by atoms with Crippen molar-refractivity contribution >= 4 is 30.5 Å². The third-order valence-electron chi connectivity index (χ3n) is 5.97. The van der Waals surface area contributed by atoms with Crippen molar-refractivity contribution in [2.45, 2.75) is 20.1 Å². The third kappa shape index (κ3) is 7.35. The van der Waals surface area contributed by atoms with Crippen LogP contribution in [0.5, 0.6) is 11.5 Å². The van der Waals surface area contributed by atoms with Crippen LogP contribution in [0.2, 0.25) is 0 Å². The molecule has 3 N–H and O–H groups in total. The number of hydrogen-bond donors (Lipinski definition) is 2. The number of imidazole rings is 1. The van der Waals surface area contributed by atoms with Gasteiger partial charge in [-0.2, -0.15) is 4.98 Å². The van der Waals surface area contributed by atoms with Crippen LogP contribution in [-0.4, -0.2) is 59.1 Å². The number of ketones is 1. The Morgan fingerprint density at radius 2 is 1.88 bits per heavy atom. The second kappa shape index (κ2) is 13.0. The van der Waals surface area contributed by atoms with Crippen molar-refractivity contribution in [1.29, 1.82) is 0 Å². The first-order valence-corrected chi connectivity index (χ1v) is 14.0. The molecule has 0 saturated carbocycles. The lowest BCUT2D eigenvalue weighted by Gasteiger charge is -2.19. The Morgan fingerprint density at radius 1 is 1.12 bits per heavy atom. The number of halogens is 1. The number of ether oxygens (including phenoxy) is 3. The van der Waals surface area contributed by atoms with Crippen LogP contribution in [0.1, 0.15) is 21.5 Å². The van der Waals surface area contributed by atoms with Gasteiger partial charge in [0.15, 0.2) is 28.5 Å². The van der Waals surface area contributed by atoms with E-state index in [1.54, 1.807) is 35.8 Å². The van der Waals surface area contributed by atoms with Gasteiger partial charge >= 0.3 is 7.60 Å². The first-order valence-electron chi connectivity index (χ1n) is 12.3. The van der Waals surface area contributed by atoms with E-state index >= 15 is 0 Å². The number of carbonyl (C=O) groups is 1. The van der Waals surface area contributed by atoms with E-state index in [0.717, 1.165) is 5.56 Å². The molecule has 13 nitrogen and oxygen atoms in total. The fraction of sp³-hybridized carbons (Fsp3) is 0.308. The van der Waals surface area contributed by atoms with E-state index in [2.05, 4.69) is 15.0 Å². The molecule has 1 atom stereocenters. The van der Waals surface area contributed by atoms with Crippen molar-refractivity contribution in [3.05, 3.63) is 75.6 Å². The summed E-state index contributed by atoms with van der Waals surface area (Å²) in [5.41, 5.74) is 6.95. The SMILES string of the molecule is COc1ccc(C(=O)COP(=O)(COCCn2cnc3c(=O)[nH]c(N)nc32)OCc2ccc(OC)c(F)c2)cc1C. The Bertz CT molecular complexity index is 1660. The second-order valence-electron chi connectivity index (χ2n) is 8.83. The molecule has 1 unspecified atom stereocenters. The Kier molecular flexibility index (Phi) is 9.50. The molecular formula is C26H29FN5O8P. The molecule has 218 valence electrons. The molecule has 4 aromatic rings. The van der Waals surface area contributed by atoms with E-state index in [0.29, 0.717) is 16.9 Å². The minimum Gasteiger partial charge on any atom is -0.496 e. The molecule has 0 aliphatic heterocycles. The number of aromatic amines is 1. The van der Waals surface area contributed by atoms with Crippen molar-refractivity contribution in [3.63, 3.8) is 0 Å². The molecule has 0 bridgehead atoms. The molecule has 4 rings (SSSR count). The summed E-state index contributed by atoms with van der Waals surface area (Å²) in [5, 5.41) is 0. The van der Waals surface area contributed by atoms with E-state index in [9.17, 15) is 18.5 Å². The molecule has 15 heteroatoms. The summed E-state index contributed by atoms with van der Waals surface area (Å²) < 4.78 is 56.1. The summed E-state index contributed by atoms with van der Waals surface area (Å²) in [4.78, 5) is 35.2. The summed E-state index contributed by atoms with van der Waals surface area (Å²) in [6, 6.07) is 8.99. The van der Waals surface area contributed by atoms with Crippen LogP contribution in [0.3, 0.4) is 0 Å². The highest BCUT2D eigenvalue weighted by Gasteiger charge is 2.27. The number of carbonyl (C=O) groups excluding carboxylic acids is 1. The van der Waals surface area contributed by atoms with Crippen LogP contribution >= 0.6 is 7.60 Å². The first-order chi connectivity index (χ1) is 19.6. The zero-order chi connectivity index (χ0) is 29.6. The van der Waals surface area contributed by atoms with Gasteiger partial charge in [0, 0.05) is 12.1 Å². The molecule has 0 fully saturated rings. The third-order valence-corrected chi connectivity index (χ3v) is 7.52. The van der Waals surface area contributed by atoms with Crippen LogP contribution in [0, 0.1) is 12.7 Å². The average Bonchev–Trinajstić information content (AvgIpc) is 3.36. The number of rotatable bonds is 14. The number of anilines is 1. The van der Waals surface area contributed by atoms with Gasteiger partial charge in [-0.25, -0.2) is 9.37 Å². The van der Waals surface area contributed by atoms with Gasteiger partial charge in [-0.15, -0.1) is 0 Å². The number of nitrogens with zero attached hydrogens (tertiary/aromatic N) is 3. The monoisotopic (exact) mass is 589 g/mol. The summed E-state index contributed by atoms with van der Waals surface area (Å²) >= 11 is 0. The van der Waals surface area contributed by atoms with E-state index in [4.69, 9.17) is 29.0 Å². The second-order valence-corrected chi connectivity index (χ2v) is 10.8. The minimum atomic E-state index is -4.03. The lowest BCUT2D eigenvalue weighted by molar-refractivity contribution is 0.0855. The molecule has 0 saturated heterocycles. The van der Waals surface area contributed by atoms with Crippen molar-refractivity contribution in [2.24, 2.45) is 0 Å². The van der Waals surface area contributed by atoms with Crippen LogP contribution < -0.4 is 20.8 Å². The summed E-state index contributed by atoms with van der Waals surface area (Å²) in [6.07, 6.45) is 0.888. The Hall–Kier alpha value is -4.10. The van der Waals surface area contributed by atoms with Crippen LogP contribution in [-0.2, 0) is 31.5 Å². The van der Waals surface area contributed by atoms with E-state index in [1.165, 1.54) is 32.7 Å². The molecule has 0 radical (unpaired) electrons. The van der Waals surface area contributed by atoms with Crippen LogP contribution in [0.25, 0.3) is 11.2 Å². The standard InChI is InChI=1S/C26H29FN5O8P/c1-16-10-18(5-7-21(16)36-2)20(33)13-40-41(35,39-12-17-4-6-22(37-3)19(27)11-17)15-38-9-8-32-14-29-23-24(32)30-26(28)31-25(23)34/h4-7,10-11,14H,8-9,12-13,15H2,1-3H3,(H3,28,30,31,34). The number of aromatic nitrogens is 4.